The molecule has 31 heavy (non-hydrogen) atoms. The summed E-state index contributed by atoms with van der Waals surface area (Å²) >= 11 is 0. The summed E-state index contributed by atoms with van der Waals surface area (Å²) in [4.78, 5) is 12.1. The second-order valence-electron chi connectivity index (χ2n) is 7.06. The minimum atomic E-state index is -4.38. The Kier molecular flexibility index (Phi) is 5.67. The van der Waals surface area contributed by atoms with Crippen molar-refractivity contribution in [2.75, 3.05) is 0 Å². The number of aromatic amines is 1. The van der Waals surface area contributed by atoms with E-state index in [4.69, 9.17) is 9.99 Å². The minimum Gasteiger partial charge on any atom is -0.486 e. The number of aromatic nitrogens is 2. The molecule has 1 unspecified atom stereocenters. The Labute approximate surface area is 176 Å². The van der Waals surface area contributed by atoms with Gasteiger partial charge in [-0.2, -0.15) is 13.2 Å². The van der Waals surface area contributed by atoms with Gasteiger partial charge in [-0.15, -0.1) is 0 Å². The fraction of sp³-hybridized carbons (Fsp3) is 0.174. The van der Waals surface area contributed by atoms with Gasteiger partial charge in [0, 0.05) is 0 Å². The van der Waals surface area contributed by atoms with E-state index in [9.17, 15) is 13.2 Å². The van der Waals surface area contributed by atoms with Gasteiger partial charge in [0.25, 0.3) is 0 Å². The van der Waals surface area contributed by atoms with Crippen LogP contribution in [-0.4, -0.2) is 15.2 Å². The number of imidazole rings is 1. The van der Waals surface area contributed by atoms with Crippen molar-refractivity contribution in [2.45, 2.75) is 25.8 Å². The predicted octanol–water partition coefficient (Wildman–Crippen LogP) is 6.38. The van der Waals surface area contributed by atoms with Gasteiger partial charge in [0.15, 0.2) is 0 Å². The molecule has 4 rings (SSSR count). The number of halogens is 3. The number of hydrogen-bond donors (Lipinski definition) is 2. The number of nitrogens with zero attached hydrogens (tertiary/aromatic N) is 1. The van der Waals surface area contributed by atoms with E-state index < -0.39 is 17.8 Å². The maximum atomic E-state index is 12.7. The van der Waals surface area contributed by atoms with Crippen LogP contribution < -0.4 is 4.74 Å². The van der Waals surface area contributed by atoms with Crippen molar-refractivity contribution < 1.29 is 28.1 Å². The molecule has 0 spiro atoms. The molecule has 0 saturated heterocycles. The molecule has 4 aromatic rings. The van der Waals surface area contributed by atoms with Crippen LogP contribution in [0, 0.1) is 0 Å². The molecule has 1 heterocycles. The highest BCUT2D eigenvalue weighted by molar-refractivity contribution is 5.83. The first kappa shape index (κ1) is 20.9. The van der Waals surface area contributed by atoms with Crippen molar-refractivity contribution in [3.05, 3.63) is 83.7 Å². The summed E-state index contributed by atoms with van der Waals surface area (Å²) in [5.41, 5.74) is 3.48. The van der Waals surface area contributed by atoms with E-state index in [1.165, 1.54) is 12.1 Å². The van der Waals surface area contributed by atoms with Gasteiger partial charge < -0.3 is 9.72 Å². The Bertz CT molecular complexity index is 1190. The Morgan fingerprint density at radius 2 is 1.77 bits per heavy atom. The molecule has 1 aromatic heterocycles. The van der Waals surface area contributed by atoms with Crippen LogP contribution in [0.15, 0.2) is 66.7 Å². The van der Waals surface area contributed by atoms with E-state index in [-0.39, 0.29) is 6.61 Å². The lowest BCUT2D eigenvalue weighted by Crippen LogP contribution is -2.04. The van der Waals surface area contributed by atoms with Crippen LogP contribution in [-0.2, 0) is 17.7 Å². The molecule has 160 valence electrons. The van der Waals surface area contributed by atoms with Crippen molar-refractivity contribution in [3.63, 3.8) is 0 Å². The van der Waals surface area contributed by atoms with Crippen LogP contribution in [0.2, 0.25) is 0 Å². The lowest BCUT2D eigenvalue weighted by atomic mass is 9.96. The average Bonchev–Trinajstić information content (AvgIpc) is 3.19. The highest BCUT2D eigenvalue weighted by Gasteiger charge is 2.30. The number of H-pyrrole nitrogens is 1. The van der Waals surface area contributed by atoms with Crippen molar-refractivity contribution in [2.24, 2.45) is 0 Å². The highest BCUT2D eigenvalue weighted by Crippen LogP contribution is 2.32. The molecule has 0 radical (unpaired) electrons. The van der Waals surface area contributed by atoms with Crippen molar-refractivity contribution in [3.8, 4) is 16.9 Å². The number of fused-ring (bicyclic) bond motifs is 1. The Hall–Kier alpha value is -3.36. The summed E-state index contributed by atoms with van der Waals surface area (Å²) in [5.74, 6) is 0.869. The summed E-state index contributed by atoms with van der Waals surface area (Å²) in [5, 5.41) is 9.06. The standard InChI is InChI=1S/C23H19F3N2O3/c1-14(31-29)18-4-2-3-5-19(18)15-6-11-20-21(12-15)28-22(27-20)13-30-17-9-7-16(8-10-17)23(24,25)26/h2-12,14,29H,13H2,1H3,(H,27,28). The molecule has 0 fully saturated rings. The zero-order chi connectivity index (χ0) is 22.0. The van der Waals surface area contributed by atoms with Gasteiger partial charge in [0.2, 0.25) is 0 Å². The first-order valence-electron chi connectivity index (χ1n) is 9.53. The Balaban J connectivity index is 1.54. The molecule has 8 heteroatoms. The molecule has 0 amide bonds. The van der Waals surface area contributed by atoms with Crippen molar-refractivity contribution in [1.29, 1.82) is 0 Å². The molecular formula is C23H19F3N2O3. The first-order chi connectivity index (χ1) is 14.8. The maximum Gasteiger partial charge on any atom is 0.416 e. The van der Waals surface area contributed by atoms with Crippen LogP contribution in [0.5, 0.6) is 5.75 Å². The number of nitrogens with one attached hydrogen (secondary N) is 1. The van der Waals surface area contributed by atoms with E-state index >= 15 is 0 Å². The Morgan fingerprint density at radius 1 is 1.03 bits per heavy atom. The van der Waals surface area contributed by atoms with Gasteiger partial charge in [-0.1, -0.05) is 30.3 Å². The number of alkyl halides is 3. The van der Waals surface area contributed by atoms with Gasteiger partial charge in [-0.05, 0) is 60.0 Å². The quantitative estimate of drug-likeness (QED) is 0.276. The molecule has 5 nitrogen and oxygen atoms in total. The average molecular weight is 428 g/mol. The lowest BCUT2D eigenvalue weighted by molar-refractivity contribution is -0.276. The molecule has 0 aliphatic heterocycles. The van der Waals surface area contributed by atoms with E-state index in [1.807, 2.05) is 42.5 Å². The van der Waals surface area contributed by atoms with Crippen molar-refractivity contribution >= 4 is 11.0 Å². The topological polar surface area (TPSA) is 67.4 Å². The summed E-state index contributed by atoms with van der Waals surface area (Å²) < 4.78 is 43.5. The number of benzene rings is 3. The highest BCUT2D eigenvalue weighted by atomic mass is 19.4. The zero-order valence-corrected chi connectivity index (χ0v) is 16.5. The third-order valence-electron chi connectivity index (χ3n) is 4.96. The first-order valence-corrected chi connectivity index (χ1v) is 9.53. The largest absolute Gasteiger partial charge is 0.486 e. The monoisotopic (exact) mass is 428 g/mol. The summed E-state index contributed by atoms with van der Waals surface area (Å²) in [7, 11) is 0. The van der Waals surface area contributed by atoms with Gasteiger partial charge in [0.1, 0.15) is 24.3 Å². The third-order valence-corrected chi connectivity index (χ3v) is 4.96. The SMILES string of the molecule is CC(OO)c1ccccc1-c1ccc2nc(COc3ccc(C(F)(F)F)cc3)[nH]c2c1. The van der Waals surface area contributed by atoms with E-state index in [2.05, 4.69) is 14.9 Å². The number of ether oxygens (including phenoxy) is 1. The summed E-state index contributed by atoms with van der Waals surface area (Å²) in [6.45, 7) is 1.84. The fourth-order valence-electron chi connectivity index (χ4n) is 3.36. The van der Waals surface area contributed by atoms with Crippen LogP contribution in [0.4, 0.5) is 13.2 Å². The smallest absolute Gasteiger partial charge is 0.416 e. The molecule has 0 aliphatic carbocycles. The normalized spacial score (nSPS) is 12.8. The van der Waals surface area contributed by atoms with Crippen LogP contribution in [0.3, 0.4) is 0 Å². The summed E-state index contributed by atoms with van der Waals surface area (Å²) in [6, 6.07) is 17.9. The minimum absolute atomic E-state index is 0.0847. The second-order valence-corrected chi connectivity index (χ2v) is 7.06. The van der Waals surface area contributed by atoms with Gasteiger partial charge in [-0.3, -0.25) is 5.26 Å². The van der Waals surface area contributed by atoms with E-state index in [1.54, 1.807) is 6.92 Å². The molecule has 0 bridgehead atoms. The lowest BCUT2D eigenvalue weighted by Gasteiger charge is -2.13. The maximum absolute atomic E-state index is 12.7. The molecule has 0 aliphatic rings. The van der Waals surface area contributed by atoms with Gasteiger partial charge in [0.05, 0.1) is 16.6 Å². The van der Waals surface area contributed by atoms with Gasteiger partial charge >= 0.3 is 6.18 Å². The van der Waals surface area contributed by atoms with E-state index in [0.717, 1.165) is 39.9 Å². The third kappa shape index (κ3) is 4.55. The molecule has 3 aromatic carbocycles. The van der Waals surface area contributed by atoms with Crippen molar-refractivity contribution in [1.82, 2.24) is 9.97 Å². The number of hydrogen-bond acceptors (Lipinski definition) is 4. The zero-order valence-electron chi connectivity index (χ0n) is 16.5. The molecule has 2 N–H and O–H groups in total. The molecule has 0 saturated carbocycles. The van der Waals surface area contributed by atoms with Crippen LogP contribution >= 0.6 is 0 Å². The van der Waals surface area contributed by atoms with Crippen LogP contribution in [0.25, 0.3) is 22.2 Å². The van der Waals surface area contributed by atoms with E-state index in [0.29, 0.717) is 11.6 Å². The van der Waals surface area contributed by atoms with Crippen LogP contribution in [0.1, 0.15) is 30.0 Å². The van der Waals surface area contributed by atoms with Gasteiger partial charge in [-0.25, -0.2) is 9.87 Å². The fourth-order valence-corrected chi connectivity index (χ4v) is 3.36. The predicted molar refractivity (Wildman–Crippen MR) is 109 cm³/mol. The second kappa shape index (κ2) is 8.41. The molecular weight excluding hydrogens is 409 g/mol. The molecule has 1 atom stereocenters. The Morgan fingerprint density at radius 3 is 2.48 bits per heavy atom. The summed E-state index contributed by atoms with van der Waals surface area (Å²) in [6.07, 6.45) is -4.87. The number of rotatable bonds is 6.